The fraction of sp³-hybridized carbons (Fsp3) is 0.650. The number of likely N-dealkylation sites (tertiary alicyclic amines) is 1. The van der Waals surface area contributed by atoms with Crippen LogP contribution in [0.5, 0.6) is 5.75 Å². The summed E-state index contributed by atoms with van der Waals surface area (Å²) in [6.07, 6.45) is 7.47. The summed E-state index contributed by atoms with van der Waals surface area (Å²) in [6.45, 7) is 4.06. The molecule has 4 heteroatoms. The Labute approximate surface area is 144 Å². The van der Waals surface area contributed by atoms with E-state index in [0.29, 0.717) is 18.0 Å². The summed E-state index contributed by atoms with van der Waals surface area (Å²) in [5.41, 5.74) is 1.36. The predicted octanol–water partition coefficient (Wildman–Crippen LogP) is 3.42. The van der Waals surface area contributed by atoms with Crippen LogP contribution in [0.3, 0.4) is 0 Å². The zero-order chi connectivity index (χ0) is 16.6. The number of rotatable bonds is 5. The maximum atomic E-state index is 11.8. The van der Waals surface area contributed by atoms with Crippen molar-refractivity contribution >= 4 is 5.91 Å². The molecule has 2 heterocycles. The molecule has 2 atom stereocenters. The first kappa shape index (κ1) is 15.9. The van der Waals surface area contributed by atoms with Crippen molar-refractivity contribution in [3.8, 4) is 5.75 Å². The maximum absolute atomic E-state index is 11.8. The van der Waals surface area contributed by atoms with Crippen molar-refractivity contribution in [2.45, 2.75) is 69.6 Å². The molecule has 2 aliphatic heterocycles. The van der Waals surface area contributed by atoms with Crippen LogP contribution in [0.4, 0.5) is 0 Å². The standard InChI is InChI=1S/C20H28N2O2/c1-15(9-13-22-12-4-8-19(22)23)21-17-14-20(10-5-11-20)24-18-7-3-2-6-16(17)18/h2-3,6-7,15,17,21H,4-5,8-14H2,1H3. The van der Waals surface area contributed by atoms with Gasteiger partial charge in [0.15, 0.2) is 0 Å². The molecular formula is C20H28N2O2. The summed E-state index contributed by atoms with van der Waals surface area (Å²) in [5.74, 6) is 1.38. The van der Waals surface area contributed by atoms with Gasteiger partial charge in [0.1, 0.15) is 11.4 Å². The topological polar surface area (TPSA) is 41.6 Å². The lowest BCUT2D eigenvalue weighted by molar-refractivity contribution is -0.127. The van der Waals surface area contributed by atoms with E-state index < -0.39 is 0 Å². The zero-order valence-corrected chi connectivity index (χ0v) is 14.6. The fourth-order valence-corrected chi connectivity index (χ4v) is 4.36. The monoisotopic (exact) mass is 328 g/mol. The molecule has 1 spiro atoms. The van der Waals surface area contributed by atoms with Gasteiger partial charge in [-0.3, -0.25) is 4.79 Å². The number of hydrogen-bond acceptors (Lipinski definition) is 3. The van der Waals surface area contributed by atoms with Gasteiger partial charge in [-0.2, -0.15) is 0 Å². The first-order valence-electron chi connectivity index (χ1n) is 9.47. The van der Waals surface area contributed by atoms with Gasteiger partial charge < -0.3 is 15.0 Å². The van der Waals surface area contributed by atoms with Gasteiger partial charge in [-0.05, 0) is 45.1 Å². The second-order valence-electron chi connectivity index (χ2n) is 7.77. The minimum atomic E-state index is 0.0661. The van der Waals surface area contributed by atoms with Crippen LogP contribution in [-0.4, -0.2) is 35.5 Å². The smallest absolute Gasteiger partial charge is 0.222 e. The second kappa shape index (κ2) is 6.40. The van der Waals surface area contributed by atoms with Crippen LogP contribution in [-0.2, 0) is 4.79 Å². The molecule has 24 heavy (non-hydrogen) atoms. The van der Waals surface area contributed by atoms with E-state index in [4.69, 9.17) is 4.74 Å². The molecule has 0 bridgehead atoms. The van der Waals surface area contributed by atoms with E-state index in [2.05, 4.69) is 36.5 Å². The molecule has 3 aliphatic rings. The van der Waals surface area contributed by atoms with Crippen molar-refractivity contribution in [3.05, 3.63) is 29.8 Å². The summed E-state index contributed by atoms with van der Waals surface area (Å²) >= 11 is 0. The quantitative estimate of drug-likeness (QED) is 0.900. The van der Waals surface area contributed by atoms with E-state index in [9.17, 15) is 4.79 Å². The van der Waals surface area contributed by atoms with Crippen molar-refractivity contribution in [1.29, 1.82) is 0 Å². The van der Waals surface area contributed by atoms with Crippen LogP contribution in [0, 0.1) is 0 Å². The van der Waals surface area contributed by atoms with Crippen molar-refractivity contribution in [2.75, 3.05) is 13.1 Å². The molecule has 1 amide bonds. The molecule has 1 aromatic rings. The Kier molecular flexibility index (Phi) is 4.25. The molecule has 1 saturated heterocycles. The minimum absolute atomic E-state index is 0.0661. The summed E-state index contributed by atoms with van der Waals surface area (Å²) in [5, 5.41) is 3.82. The van der Waals surface area contributed by atoms with E-state index >= 15 is 0 Å². The lowest BCUT2D eigenvalue weighted by atomic mass is 9.73. The van der Waals surface area contributed by atoms with Crippen molar-refractivity contribution in [2.24, 2.45) is 0 Å². The first-order chi connectivity index (χ1) is 11.7. The molecule has 2 fully saturated rings. The predicted molar refractivity (Wildman–Crippen MR) is 94.0 cm³/mol. The summed E-state index contributed by atoms with van der Waals surface area (Å²) in [6, 6.07) is 9.22. The molecule has 4 nitrogen and oxygen atoms in total. The molecule has 1 aliphatic carbocycles. The third kappa shape index (κ3) is 3.04. The van der Waals surface area contributed by atoms with Crippen LogP contribution >= 0.6 is 0 Å². The molecule has 1 saturated carbocycles. The van der Waals surface area contributed by atoms with Gasteiger partial charge in [0.05, 0.1) is 0 Å². The molecule has 0 aromatic heterocycles. The van der Waals surface area contributed by atoms with Crippen LogP contribution < -0.4 is 10.1 Å². The number of amides is 1. The number of nitrogens with zero attached hydrogens (tertiary/aromatic N) is 1. The number of ether oxygens (including phenoxy) is 1. The average molecular weight is 328 g/mol. The van der Waals surface area contributed by atoms with Gasteiger partial charge >= 0.3 is 0 Å². The summed E-state index contributed by atoms with van der Waals surface area (Å²) in [7, 11) is 0. The Morgan fingerprint density at radius 1 is 1.33 bits per heavy atom. The van der Waals surface area contributed by atoms with Gasteiger partial charge in [-0.25, -0.2) is 0 Å². The molecule has 4 rings (SSSR count). The van der Waals surface area contributed by atoms with Crippen LogP contribution in [0.1, 0.15) is 63.5 Å². The third-order valence-corrected chi connectivity index (χ3v) is 5.95. The zero-order valence-electron chi connectivity index (χ0n) is 14.6. The number of para-hydroxylation sites is 1. The molecule has 1 aromatic carbocycles. The number of fused-ring (bicyclic) bond motifs is 1. The number of carbonyl (C=O) groups is 1. The van der Waals surface area contributed by atoms with Crippen LogP contribution in [0.15, 0.2) is 24.3 Å². The Bertz CT molecular complexity index is 611. The third-order valence-electron chi connectivity index (χ3n) is 5.95. The second-order valence-corrected chi connectivity index (χ2v) is 7.77. The summed E-state index contributed by atoms with van der Waals surface area (Å²) < 4.78 is 6.33. The van der Waals surface area contributed by atoms with E-state index in [0.717, 1.165) is 44.5 Å². The van der Waals surface area contributed by atoms with Crippen molar-refractivity contribution < 1.29 is 9.53 Å². The lowest BCUT2D eigenvalue weighted by Crippen LogP contribution is -2.50. The lowest BCUT2D eigenvalue weighted by Gasteiger charge is -2.48. The van der Waals surface area contributed by atoms with Crippen LogP contribution in [0.2, 0.25) is 0 Å². The molecule has 2 unspecified atom stereocenters. The Balaban J connectivity index is 1.40. The van der Waals surface area contributed by atoms with Gasteiger partial charge in [0.2, 0.25) is 5.91 Å². The molecule has 1 N–H and O–H groups in total. The molecule has 0 radical (unpaired) electrons. The first-order valence-corrected chi connectivity index (χ1v) is 9.47. The highest BCUT2D eigenvalue weighted by Gasteiger charge is 2.45. The van der Waals surface area contributed by atoms with Gasteiger partial charge in [0, 0.05) is 43.6 Å². The summed E-state index contributed by atoms with van der Waals surface area (Å²) in [4.78, 5) is 13.8. The normalized spacial score (nSPS) is 26.0. The number of nitrogens with one attached hydrogen (secondary N) is 1. The highest BCUT2D eigenvalue weighted by molar-refractivity contribution is 5.78. The van der Waals surface area contributed by atoms with E-state index in [1.165, 1.54) is 24.8 Å². The van der Waals surface area contributed by atoms with E-state index in [1.54, 1.807) is 0 Å². The Morgan fingerprint density at radius 2 is 2.17 bits per heavy atom. The molecule has 130 valence electrons. The van der Waals surface area contributed by atoms with Crippen LogP contribution in [0.25, 0.3) is 0 Å². The number of carbonyl (C=O) groups excluding carboxylic acids is 1. The highest BCUT2D eigenvalue weighted by atomic mass is 16.5. The highest BCUT2D eigenvalue weighted by Crippen LogP contribution is 2.48. The van der Waals surface area contributed by atoms with Gasteiger partial charge in [-0.1, -0.05) is 18.2 Å². The average Bonchev–Trinajstić information content (AvgIpc) is 2.96. The largest absolute Gasteiger partial charge is 0.487 e. The maximum Gasteiger partial charge on any atom is 0.222 e. The van der Waals surface area contributed by atoms with Gasteiger partial charge in [0.25, 0.3) is 0 Å². The number of hydrogen-bond donors (Lipinski definition) is 1. The minimum Gasteiger partial charge on any atom is -0.487 e. The SMILES string of the molecule is CC(CCN1CCCC1=O)NC1CC2(CCC2)Oc2ccccc21. The van der Waals surface area contributed by atoms with E-state index in [-0.39, 0.29) is 5.60 Å². The number of benzene rings is 1. The Morgan fingerprint density at radius 3 is 2.88 bits per heavy atom. The van der Waals surface area contributed by atoms with Crippen molar-refractivity contribution in [1.82, 2.24) is 10.2 Å². The molecular weight excluding hydrogens is 300 g/mol. The Hall–Kier alpha value is -1.55. The van der Waals surface area contributed by atoms with Crippen molar-refractivity contribution in [3.63, 3.8) is 0 Å². The van der Waals surface area contributed by atoms with Gasteiger partial charge in [-0.15, -0.1) is 0 Å². The fourth-order valence-electron chi connectivity index (χ4n) is 4.36. The van der Waals surface area contributed by atoms with E-state index in [1.807, 2.05) is 4.90 Å².